The number of carboxylic acid groups (broad SMARTS) is 1. The molecular formula is C21H20BrClN2O3. The lowest BCUT2D eigenvalue weighted by Crippen LogP contribution is -2.44. The van der Waals surface area contributed by atoms with Gasteiger partial charge >= 0.3 is 5.97 Å². The van der Waals surface area contributed by atoms with Gasteiger partial charge in [-0.05, 0) is 51.3 Å². The van der Waals surface area contributed by atoms with Crippen molar-refractivity contribution in [1.29, 1.82) is 0 Å². The van der Waals surface area contributed by atoms with E-state index in [4.69, 9.17) is 21.5 Å². The van der Waals surface area contributed by atoms with Crippen molar-refractivity contribution in [3.63, 3.8) is 0 Å². The Balaban J connectivity index is 1.35. The molecule has 1 N–H and O–H groups in total. The van der Waals surface area contributed by atoms with Crippen LogP contribution in [0.3, 0.4) is 0 Å². The third-order valence-corrected chi connectivity index (χ3v) is 6.68. The van der Waals surface area contributed by atoms with Crippen molar-refractivity contribution in [2.45, 2.75) is 31.4 Å². The molecule has 0 amide bonds. The van der Waals surface area contributed by atoms with E-state index in [-0.39, 0.29) is 11.2 Å². The summed E-state index contributed by atoms with van der Waals surface area (Å²) in [6, 6.07) is 12.9. The number of hydrogen-bond acceptors (Lipinski definition) is 4. The van der Waals surface area contributed by atoms with Crippen LogP contribution in [-0.2, 0) is 11.4 Å². The maximum Gasteiger partial charge on any atom is 0.335 e. The lowest BCUT2D eigenvalue weighted by molar-refractivity contribution is -0.0627. The van der Waals surface area contributed by atoms with Gasteiger partial charge in [-0.3, -0.25) is 4.90 Å². The molecular weight excluding hydrogens is 444 g/mol. The number of carboxylic acids is 1. The highest BCUT2D eigenvalue weighted by Crippen LogP contribution is 2.36. The SMILES string of the molecule is O=C(O)c1ccc(C2=NOC3(CCN(Cc4ccc(Cl)c(Br)c4)CC3)C2)cc1. The highest BCUT2D eigenvalue weighted by atomic mass is 79.9. The second-order valence-corrected chi connectivity index (χ2v) is 8.66. The second-order valence-electron chi connectivity index (χ2n) is 7.40. The predicted octanol–water partition coefficient (Wildman–Crippen LogP) is 4.96. The number of carbonyl (C=O) groups is 1. The van der Waals surface area contributed by atoms with E-state index in [9.17, 15) is 4.79 Å². The van der Waals surface area contributed by atoms with E-state index in [2.05, 4.69) is 38.1 Å². The van der Waals surface area contributed by atoms with Crippen LogP contribution in [0.5, 0.6) is 0 Å². The number of aromatic carboxylic acids is 1. The summed E-state index contributed by atoms with van der Waals surface area (Å²) in [5, 5.41) is 14.1. The molecule has 4 rings (SSSR count). The molecule has 1 fully saturated rings. The number of oxime groups is 1. The molecule has 2 heterocycles. The van der Waals surface area contributed by atoms with Crippen LogP contribution in [0.4, 0.5) is 0 Å². The third-order valence-electron chi connectivity index (χ3n) is 5.46. The Bertz CT molecular complexity index is 922. The summed E-state index contributed by atoms with van der Waals surface area (Å²) in [6.45, 7) is 2.78. The predicted molar refractivity (Wildman–Crippen MR) is 112 cm³/mol. The van der Waals surface area contributed by atoms with Crippen LogP contribution in [0, 0.1) is 0 Å². The molecule has 5 nitrogen and oxygen atoms in total. The van der Waals surface area contributed by atoms with Crippen LogP contribution in [0.15, 0.2) is 52.1 Å². The first-order valence-corrected chi connectivity index (χ1v) is 10.4. The van der Waals surface area contributed by atoms with E-state index in [1.54, 1.807) is 24.3 Å². The topological polar surface area (TPSA) is 62.1 Å². The van der Waals surface area contributed by atoms with Gasteiger partial charge in [0.05, 0.1) is 16.3 Å². The molecule has 2 aliphatic rings. The average molecular weight is 464 g/mol. The molecule has 0 bridgehead atoms. The van der Waals surface area contributed by atoms with E-state index in [0.717, 1.165) is 59.7 Å². The van der Waals surface area contributed by atoms with Crippen LogP contribution in [0.2, 0.25) is 5.02 Å². The molecule has 0 saturated carbocycles. The van der Waals surface area contributed by atoms with Crippen molar-refractivity contribution in [3.8, 4) is 0 Å². The molecule has 1 saturated heterocycles. The minimum absolute atomic E-state index is 0.238. The van der Waals surface area contributed by atoms with Gasteiger partial charge in [0.15, 0.2) is 0 Å². The van der Waals surface area contributed by atoms with Crippen LogP contribution >= 0.6 is 27.5 Å². The summed E-state index contributed by atoms with van der Waals surface area (Å²) >= 11 is 9.56. The van der Waals surface area contributed by atoms with Gasteiger partial charge in [-0.1, -0.05) is 35.0 Å². The van der Waals surface area contributed by atoms with Crippen LogP contribution < -0.4 is 0 Å². The third kappa shape index (κ3) is 4.09. The summed E-state index contributed by atoms with van der Waals surface area (Å²) in [5.41, 5.74) is 3.09. The van der Waals surface area contributed by atoms with Gasteiger partial charge in [0, 0.05) is 43.4 Å². The number of benzene rings is 2. The molecule has 0 radical (unpaired) electrons. The number of likely N-dealkylation sites (tertiary alicyclic amines) is 1. The largest absolute Gasteiger partial charge is 0.478 e. The Morgan fingerprint density at radius 1 is 1.21 bits per heavy atom. The highest BCUT2D eigenvalue weighted by molar-refractivity contribution is 9.10. The van der Waals surface area contributed by atoms with Gasteiger partial charge in [-0.15, -0.1) is 0 Å². The molecule has 2 aliphatic heterocycles. The summed E-state index contributed by atoms with van der Waals surface area (Å²) < 4.78 is 0.922. The second kappa shape index (κ2) is 7.85. The van der Waals surface area contributed by atoms with E-state index in [1.807, 2.05) is 6.07 Å². The van der Waals surface area contributed by atoms with Crippen molar-refractivity contribution < 1.29 is 14.7 Å². The fraction of sp³-hybridized carbons (Fsp3) is 0.333. The van der Waals surface area contributed by atoms with Crippen molar-refractivity contribution in [3.05, 3.63) is 68.7 Å². The van der Waals surface area contributed by atoms with Gasteiger partial charge in [-0.2, -0.15) is 0 Å². The Morgan fingerprint density at radius 2 is 1.93 bits per heavy atom. The summed E-state index contributed by atoms with van der Waals surface area (Å²) in [5.74, 6) is -0.923. The lowest BCUT2D eigenvalue weighted by atomic mass is 9.85. The summed E-state index contributed by atoms with van der Waals surface area (Å²) in [4.78, 5) is 19.3. The van der Waals surface area contributed by atoms with E-state index in [1.165, 1.54) is 5.56 Å². The molecule has 7 heteroatoms. The minimum Gasteiger partial charge on any atom is -0.478 e. The monoisotopic (exact) mass is 462 g/mol. The number of nitrogens with zero attached hydrogens (tertiary/aromatic N) is 2. The van der Waals surface area contributed by atoms with E-state index >= 15 is 0 Å². The first-order valence-electron chi connectivity index (χ1n) is 9.19. The van der Waals surface area contributed by atoms with Gasteiger partial charge in [0.25, 0.3) is 0 Å². The standard InChI is InChI=1S/C21H20BrClN2O3/c22-17-11-14(1-6-18(17)23)13-25-9-7-21(8-10-25)12-19(24-28-21)15-2-4-16(5-3-15)20(26)27/h1-6,11H,7-10,12-13H2,(H,26,27). The summed E-state index contributed by atoms with van der Waals surface area (Å²) in [7, 11) is 0. The molecule has 2 aromatic carbocycles. The van der Waals surface area contributed by atoms with Crippen molar-refractivity contribution in [2.24, 2.45) is 5.16 Å². The zero-order chi connectivity index (χ0) is 19.7. The van der Waals surface area contributed by atoms with Crippen molar-refractivity contribution >= 4 is 39.2 Å². The minimum atomic E-state index is -0.923. The zero-order valence-corrected chi connectivity index (χ0v) is 17.5. The smallest absolute Gasteiger partial charge is 0.335 e. The first-order chi connectivity index (χ1) is 13.4. The van der Waals surface area contributed by atoms with E-state index in [0.29, 0.717) is 0 Å². The lowest BCUT2D eigenvalue weighted by Gasteiger charge is -2.37. The van der Waals surface area contributed by atoms with Crippen molar-refractivity contribution in [2.75, 3.05) is 13.1 Å². The maximum absolute atomic E-state index is 11.0. The maximum atomic E-state index is 11.0. The Hall–Kier alpha value is -1.89. The number of hydrogen-bond donors (Lipinski definition) is 1. The zero-order valence-electron chi connectivity index (χ0n) is 15.2. The van der Waals surface area contributed by atoms with E-state index < -0.39 is 5.97 Å². The quantitative estimate of drug-likeness (QED) is 0.696. The Kier molecular flexibility index (Phi) is 5.45. The molecule has 28 heavy (non-hydrogen) atoms. The molecule has 2 aromatic rings. The Morgan fingerprint density at radius 3 is 2.57 bits per heavy atom. The van der Waals surface area contributed by atoms with Crippen molar-refractivity contribution in [1.82, 2.24) is 4.90 Å². The number of piperidine rings is 1. The number of halogens is 2. The molecule has 0 unspecified atom stereocenters. The van der Waals surface area contributed by atoms with Crippen LogP contribution in [-0.4, -0.2) is 40.4 Å². The van der Waals surface area contributed by atoms with Gasteiger partial charge in [-0.25, -0.2) is 4.79 Å². The molecule has 0 atom stereocenters. The average Bonchev–Trinajstić information content (AvgIpc) is 3.11. The Labute approximate surface area is 177 Å². The van der Waals surface area contributed by atoms with Crippen LogP contribution in [0.25, 0.3) is 0 Å². The normalized spacial score (nSPS) is 18.7. The number of rotatable bonds is 4. The fourth-order valence-electron chi connectivity index (χ4n) is 3.76. The summed E-state index contributed by atoms with van der Waals surface area (Å²) in [6.07, 6.45) is 2.60. The van der Waals surface area contributed by atoms with Gasteiger partial charge < -0.3 is 9.94 Å². The fourth-order valence-corrected chi connectivity index (χ4v) is 4.31. The van der Waals surface area contributed by atoms with Gasteiger partial charge in [0.2, 0.25) is 0 Å². The molecule has 1 spiro atoms. The molecule has 0 aromatic heterocycles. The van der Waals surface area contributed by atoms with Crippen LogP contribution in [0.1, 0.15) is 40.7 Å². The molecule has 0 aliphatic carbocycles. The van der Waals surface area contributed by atoms with Gasteiger partial charge in [0.1, 0.15) is 5.60 Å². The molecule has 146 valence electrons. The highest BCUT2D eigenvalue weighted by Gasteiger charge is 2.42. The first kappa shape index (κ1) is 19.4.